The Hall–Kier alpha value is -3.76. The fourth-order valence-electron chi connectivity index (χ4n) is 4.27. The van der Waals surface area contributed by atoms with Crippen LogP contribution in [-0.2, 0) is 16.0 Å². The Labute approximate surface area is 199 Å². The summed E-state index contributed by atoms with van der Waals surface area (Å²) in [7, 11) is 0. The number of likely N-dealkylation sites (tertiary alicyclic amines) is 1. The fourth-order valence-corrected chi connectivity index (χ4v) is 4.27. The van der Waals surface area contributed by atoms with Crippen LogP contribution in [0.2, 0.25) is 0 Å². The molecule has 2 N–H and O–H groups in total. The van der Waals surface area contributed by atoms with E-state index in [2.05, 4.69) is 25.7 Å². The van der Waals surface area contributed by atoms with Gasteiger partial charge in [0.15, 0.2) is 0 Å². The maximum Gasteiger partial charge on any atom is 0.243 e. The van der Waals surface area contributed by atoms with Crippen molar-refractivity contribution < 1.29 is 22.8 Å². The van der Waals surface area contributed by atoms with Crippen LogP contribution in [0.15, 0.2) is 42.9 Å². The first-order valence-electron chi connectivity index (χ1n) is 11.2. The number of carbonyl (C=O) groups is 2. The maximum absolute atomic E-state index is 14.8. The molecule has 1 aliphatic rings. The normalized spacial score (nSPS) is 18.6. The molecule has 0 bridgehead atoms. The third-order valence-electron chi connectivity index (χ3n) is 6.06. The lowest BCUT2D eigenvalue weighted by Gasteiger charge is -2.27. The second kappa shape index (κ2) is 10.2. The van der Waals surface area contributed by atoms with E-state index in [-0.39, 0.29) is 30.9 Å². The van der Waals surface area contributed by atoms with Gasteiger partial charge in [-0.25, -0.2) is 13.2 Å². The molecule has 3 atom stereocenters. The van der Waals surface area contributed by atoms with Crippen LogP contribution in [0.25, 0.3) is 0 Å². The van der Waals surface area contributed by atoms with Crippen LogP contribution in [0.5, 0.6) is 0 Å². The quantitative estimate of drug-likeness (QED) is 0.535. The molecule has 3 heterocycles. The van der Waals surface area contributed by atoms with E-state index in [4.69, 9.17) is 0 Å². The first kappa shape index (κ1) is 24.4. The molecule has 184 valence electrons. The van der Waals surface area contributed by atoms with Crippen molar-refractivity contribution in [2.45, 2.75) is 50.9 Å². The molecule has 0 saturated carbocycles. The van der Waals surface area contributed by atoms with Gasteiger partial charge in [0.05, 0.1) is 37.1 Å². The number of nitrogens with one attached hydrogen (secondary N) is 2. The van der Waals surface area contributed by atoms with Crippen LogP contribution in [0.1, 0.15) is 54.6 Å². The van der Waals surface area contributed by atoms with Gasteiger partial charge in [0.1, 0.15) is 23.8 Å². The number of alkyl halides is 1. The van der Waals surface area contributed by atoms with Gasteiger partial charge in [0, 0.05) is 18.2 Å². The van der Waals surface area contributed by atoms with Gasteiger partial charge in [-0.05, 0) is 29.2 Å². The molecular weight excluding hydrogens is 461 g/mol. The lowest BCUT2D eigenvalue weighted by molar-refractivity contribution is -0.138. The van der Waals surface area contributed by atoms with Crippen LogP contribution < -0.4 is 5.32 Å². The highest BCUT2D eigenvalue weighted by molar-refractivity contribution is 5.89. The maximum atomic E-state index is 14.8. The zero-order valence-corrected chi connectivity index (χ0v) is 19.2. The van der Waals surface area contributed by atoms with Crippen molar-refractivity contribution in [2.75, 3.05) is 6.54 Å². The number of carbonyl (C=O) groups excluding carboxylic acids is 2. The summed E-state index contributed by atoms with van der Waals surface area (Å²) < 4.78 is 43.8. The highest BCUT2D eigenvalue weighted by atomic mass is 19.1. The molecule has 4 rings (SSSR count). The van der Waals surface area contributed by atoms with E-state index in [0.717, 1.165) is 11.1 Å². The van der Waals surface area contributed by atoms with Crippen molar-refractivity contribution in [1.29, 1.82) is 0 Å². The zero-order chi connectivity index (χ0) is 25.1. The number of aromatic amines is 1. The summed E-state index contributed by atoms with van der Waals surface area (Å²) in [4.78, 5) is 31.0. The summed E-state index contributed by atoms with van der Waals surface area (Å²) in [5.74, 6) is -2.40. The van der Waals surface area contributed by atoms with E-state index in [1.165, 1.54) is 24.5 Å². The predicted molar refractivity (Wildman–Crippen MR) is 120 cm³/mol. The van der Waals surface area contributed by atoms with Gasteiger partial charge >= 0.3 is 0 Å². The van der Waals surface area contributed by atoms with Gasteiger partial charge in [-0.2, -0.15) is 0 Å². The van der Waals surface area contributed by atoms with Gasteiger partial charge < -0.3 is 10.2 Å². The Morgan fingerprint density at radius 1 is 1.17 bits per heavy atom. The Morgan fingerprint density at radius 3 is 2.63 bits per heavy atom. The van der Waals surface area contributed by atoms with Crippen molar-refractivity contribution in [2.24, 2.45) is 0 Å². The van der Waals surface area contributed by atoms with Crippen LogP contribution in [0, 0.1) is 11.6 Å². The third-order valence-corrected chi connectivity index (χ3v) is 6.06. The van der Waals surface area contributed by atoms with Crippen molar-refractivity contribution in [3.63, 3.8) is 0 Å². The predicted octanol–water partition coefficient (Wildman–Crippen LogP) is 2.99. The molecule has 0 unspecified atom stereocenters. The lowest BCUT2D eigenvalue weighted by Crippen LogP contribution is -2.47. The first-order valence-corrected chi connectivity index (χ1v) is 11.2. The van der Waals surface area contributed by atoms with Crippen molar-refractivity contribution in [3.05, 3.63) is 76.9 Å². The summed E-state index contributed by atoms with van der Waals surface area (Å²) in [5, 5.41) is 12.4. The van der Waals surface area contributed by atoms with Crippen LogP contribution in [0.3, 0.4) is 0 Å². The van der Waals surface area contributed by atoms with Crippen LogP contribution in [-0.4, -0.2) is 55.9 Å². The monoisotopic (exact) mass is 486 g/mol. The van der Waals surface area contributed by atoms with Gasteiger partial charge in [-0.15, -0.1) is 5.10 Å². The molecule has 11 heteroatoms. The Balaban J connectivity index is 1.62. The molecule has 1 saturated heterocycles. The molecule has 3 aromatic rings. The van der Waals surface area contributed by atoms with Gasteiger partial charge in [0.25, 0.3) is 0 Å². The summed E-state index contributed by atoms with van der Waals surface area (Å²) >= 11 is 0. The number of amides is 2. The average Bonchev–Trinajstić information content (AvgIpc) is 3.47. The van der Waals surface area contributed by atoms with Crippen LogP contribution in [0.4, 0.5) is 13.2 Å². The molecule has 35 heavy (non-hydrogen) atoms. The number of halogens is 3. The Bertz CT molecular complexity index is 1200. The van der Waals surface area contributed by atoms with E-state index in [0.29, 0.717) is 16.8 Å². The molecule has 2 aromatic heterocycles. The molecule has 0 radical (unpaired) electrons. The van der Waals surface area contributed by atoms with Gasteiger partial charge in [0.2, 0.25) is 11.8 Å². The highest BCUT2D eigenvalue weighted by Gasteiger charge is 2.40. The summed E-state index contributed by atoms with van der Waals surface area (Å²) in [6.07, 6.45) is 1.99. The average molecular weight is 486 g/mol. The SMILES string of the molecule is CC(C)c1ccc([C@@H](NC(=O)[C@@H]2C[C@@H](F)CN2C(=O)Cc2cnn[nH]2)c2ccncc2F)cc1F. The summed E-state index contributed by atoms with van der Waals surface area (Å²) in [5.41, 5.74) is 1.28. The molecule has 1 aliphatic heterocycles. The minimum absolute atomic E-state index is 0.0700. The highest BCUT2D eigenvalue weighted by Crippen LogP contribution is 2.29. The summed E-state index contributed by atoms with van der Waals surface area (Å²) in [6.45, 7) is 3.45. The van der Waals surface area contributed by atoms with E-state index >= 15 is 0 Å². The van der Waals surface area contributed by atoms with Crippen molar-refractivity contribution in [1.82, 2.24) is 30.6 Å². The number of benzene rings is 1. The number of aromatic nitrogens is 4. The number of hydrogen-bond acceptors (Lipinski definition) is 5. The number of H-pyrrole nitrogens is 1. The molecule has 1 aromatic carbocycles. The van der Waals surface area contributed by atoms with Crippen molar-refractivity contribution in [3.8, 4) is 0 Å². The smallest absolute Gasteiger partial charge is 0.243 e. The van der Waals surface area contributed by atoms with Crippen LogP contribution >= 0.6 is 0 Å². The lowest BCUT2D eigenvalue weighted by atomic mass is 9.94. The number of rotatable bonds is 7. The van der Waals surface area contributed by atoms with Gasteiger partial charge in [-0.1, -0.05) is 31.2 Å². The Kier molecular flexibility index (Phi) is 7.13. The van der Waals surface area contributed by atoms with E-state index in [1.54, 1.807) is 12.1 Å². The standard InChI is InChI=1S/C24H25F3N6O2/c1-13(2)17-4-3-14(7-19(17)26)23(18-5-6-28-11-20(18)27)30-24(35)21-8-15(25)12-33(21)22(34)9-16-10-29-32-31-16/h3-7,10-11,13,15,21,23H,8-9,12H2,1-2H3,(H,30,35)(H,29,31,32)/t15-,21+,23-/m1/s1. The van der Waals surface area contributed by atoms with Gasteiger partial charge in [-0.3, -0.25) is 19.7 Å². The van der Waals surface area contributed by atoms with Crippen molar-refractivity contribution >= 4 is 11.8 Å². The second-order valence-corrected chi connectivity index (χ2v) is 8.83. The summed E-state index contributed by atoms with van der Waals surface area (Å²) in [6, 6.07) is 3.66. The first-order chi connectivity index (χ1) is 16.7. The largest absolute Gasteiger partial charge is 0.343 e. The second-order valence-electron chi connectivity index (χ2n) is 8.83. The molecule has 8 nitrogen and oxygen atoms in total. The minimum Gasteiger partial charge on any atom is -0.343 e. The van der Waals surface area contributed by atoms with E-state index < -0.39 is 41.7 Å². The number of hydrogen-bond donors (Lipinski definition) is 2. The number of nitrogens with zero attached hydrogens (tertiary/aromatic N) is 4. The topological polar surface area (TPSA) is 104 Å². The molecule has 2 amide bonds. The minimum atomic E-state index is -1.39. The molecular formula is C24H25F3N6O2. The molecule has 1 fully saturated rings. The van der Waals surface area contributed by atoms with E-state index in [1.807, 2.05) is 13.8 Å². The number of pyridine rings is 1. The zero-order valence-electron chi connectivity index (χ0n) is 19.2. The molecule has 0 aliphatic carbocycles. The third kappa shape index (κ3) is 5.33. The Morgan fingerprint density at radius 2 is 1.97 bits per heavy atom. The fraction of sp³-hybridized carbons (Fsp3) is 0.375. The molecule has 0 spiro atoms. The van der Waals surface area contributed by atoms with E-state index in [9.17, 15) is 22.8 Å².